The van der Waals surface area contributed by atoms with Gasteiger partial charge < -0.3 is 4.90 Å². The van der Waals surface area contributed by atoms with Crippen molar-refractivity contribution in [3.8, 4) is 11.3 Å². The van der Waals surface area contributed by atoms with Crippen LogP contribution in [0.2, 0.25) is 0 Å². The molecule has 1 unspecified atom stereocenters. The first-order valence-corrected chi connectivity index (χ1v) is 11.4. The number of carbonyl (C=O) groups excluding carboxylic acids is 1. The lowest BCUT2D eigenvalue weighted by atomic mass is 10.00. The van der Waals surface area contributed by atoms with Crippen LogP contribution in [0.25, 0.3) is 11.3 Å². The molecule has 164 valence electrons. The SMILES string of the molecule is O=C(CN1c2nc(-c3ccncc3)cc(=O)n2CCC1c1ccncc1)c1cccc(Br)c1. The van der Waals surface area contributed by atoms with Gasteiger partial charge in [-0.05, 0) is 48.4 Å². The number of fused-ring (bicyclic) bond motifs is 1. The summed E-state index contributed by atoms with van der Waals surface area (Å²) in [4.78, 5) is 41.3. The second-order valence-electron chi connectivity index (χ2n) is 7.81. The highest BCUT2D eigenvalue weighted by molar-refractivity contribution is 9.10. The van der Waals surface area contributed by atoms with Crippen molar-refractivity contribution in [3.63, 3.8) is 0 Å². The van der Waals surface area contributed by atoms with Crippen molar-refractivity contribution in [2.24, 2.45) is 0 Å². The summed E-state index contributed by atoms with van der Waals surface area (Å²) in [7, 11) is 0. The van der Waals surface area contributed by atoms with Gasteiger partial charge in [-0.25, -0.2) is 4.98 Å². The zero-order valence-electron chi connectivity index (χ0n) is 17.6. The largest absolute Gasteiger partial charge is 0.327 e. The van der Waals surface area contributed by atoms with Gasteiger partial charge in [0.1, 0.15) is 0 Å². The predicted molar refractivity (Wildman–Crippen MR) is 129 cm³/mol. The van der Waals surface area contributed by atoms with Crippen LogP contribution in [-0.2, 0) is 6.54 Å². The maximum absolute atomic E-state index is 13.3. The molecule has 0 amide bonds. The molecular weight excluding hydrogens is 482 g/mol. The summed E-state index contributed by atoms with van der Waals surface area (Å²) in [6.07, 6.45) is 7.50. The van der Waals surface area contributed by atoms with Crippen LogP contribution in [0.1, 0.15) is 28.4 Å². The van der Waals surface area contributed by atoms with Crippen LogP contribution in [0, 0.1) is 0 Å². The lowest BCUT2D eigenvalue weighted by Gasteiger charge is -2.38. The molecule has 0 saturated heterocycles. The fraction of sp³-hybridized carbons (Fsp3) is 0.160. The first kappa shape index (κ1) is 21.2. The summed E-state index contributed by atoms with van der Waals surface area (Å²) in [6.45, 7) is 0.613. The average molecular weight is 502 g/mol. The number of pyridine rings is 2. The summed E-state index contributed by atoms with van der Waals surface area (Å²) in [6, 6.07) is 16.3. The maximum atomic E-state index is 13.3. The van der Waals surface area contributed by atoms with Gasteiger partial charge in [0.25, 0.3) is 5.56 Å². The smallest absolute Gasteiger partial charge is 0.255 e. The first-order valence-electron chi connectivity index (χ1n) is 10.6. The Morgan fingerprint density at radius 1 is 1.00 bits per heavy atom. The zero-order chi connectivity index (χ0) is 22.8. The van der Waals surface area contributed by atoms with E-state index in [1.54, 1.807) is 41.5 Å². The number of ketones is 1. The van der Waals surface area contributed by atoms with E-state index in [1.165, 1.54) is 0 Å². The molecule has 0 aliphatic carbocycles. The third kappa shape index (κ3) is 4.34. The van der Waals surface area contributed by atoms with Gasteiger partial charge in [-0.1, -0.05) is 28.1 Å². The Labute approximate surface area is 198 Å². The number of hydrogen-bond acceptors (Lipinski definition) is 6. The summed E-state index contributed by atoms with van der Waals surface area (Å²) in [5, 5.41) is 0. The van der Waals surface area contributed by atoms with Crippen molar-refractivity contribution in [1.29, 1.82) is 0 Å². The lowest BCUT2D eigenvalue weighted by molar-refractivity contribution is 0.0994. The Morgan fingerprint density at radius 2 is 1.73 bits per heavy atom. The number of halogens is 1. The molecule has 1 aromatic carbocycles. The molecule has 1 atom stereocenters. The Bertz CT molecular complexity index is 1360. The van der Waals surface area contributed by atoms with Crippen molar-refractivity contribution in [3.05, 3.63) is 105 Å². The molecule has 5 rings (SSSR count). The van der Waals surface area contributed by atoms with Gasteiger partial charge in [0.2, 0.25) is 5.95 Å². The van der Waals surface area contributed by atoms with E-state index in [-0.39, 0.29) is 23.9 Å². The second kappa shape index (κ2) is 9.07. The minimum Gasteiger partial charge on any atom is -0.327 e. The number of Topliss-reactive ketones (excluding diaryl/α,β-unsaturated/α-hetero) is 1. The molecule has 0 N–H and O–H groups in total. The number of carbonyl (C=O) groups is 1. The number of aromatic nitrogens is 4. The van der Waals surface area contributed by atoms with Crippen molar-refractivity contribution in [1.82, 2.24) is 19.5 Å². The van der Waals surface area contributed by atoms with Crippen molar-refractivity contribution >= 4 is 27.7 Å². The number of anilines is 1. The highest BCUT2D eigenvalue weighted by Crippen LogP contribution is 2.34. The van der Waals surface area contributed by atoms with Gasteiger partial charge in [-0.3, -0.25) is 24.1 Å². The fourth-order valence-corrected chi connectivity index (χ4v) is 4.56. The van der Waals surface area contributed by atoms with Crippen molar-refractivity contribution in [2.45, 2.75) is 19.0 Å². The second-order valence-corrected chi connectivity index (χ2v) is 8.73. The van der Waals surface area contributed by atoms with Crippen LogP contribution in [0.3, 0.4) is 0 Å². The van der Waals surface area contributed by atoms with Crippen LogP contribution < -0.4 is 10.5 Å². The van der Waals surface area contributed by atoms with E-state index in [0.29, 0.717) is 30.2 Å². The van der Waals surface area contributed by atoms with E-state index < -0.39 is 0 Å². The number of benzene rings is 1. The van der Waals surface area contributed by atoms with E-state index in [1.807, 2.05) is 47.4 Å². The van der Waals surface area contributed by atoms with Gasteiger partial charge >= 0.3 is 0 Å². The Balaban J connectivity index is 1.61. The van der Waals surface area contributed by atoms with Crippen LogP contribution in [0.5, 0.6) is 0 Å². The van der Waals surface area contributed by atoms with Crippen LogP contribution in [0.4, 0.5) is 5.95 Å². The monoisotopic (exact) mass is 501 g/mol. The molecule has 7 nitrogen and oxygen atoms in total. The Hall–Kier alpha value is -3.65. The van der Waals surface area contributed by atoms with Gasteiger partial charge in [0, 0.05) is 53.0 Å². The van der Waals surface area contributed by atoms with Crippen LogP contribution in [0.15, 0.2) is 88.7 Å². The molecule has 4 aromatic rings. The van der Waals surface area contributed by atoms with Gasteiger partial charge in [0.15, 0.2) is 5.78 Å². The van der Waals surface area contributed by atoms with Crippen LogP contribution >= 0.6 is 15.9 Å². The van der Waals surface area contributed by atoms with E-state index in [4.69, 9.17) is 4.98 Å². The zero-order valence-corrected chi connectivity index (χ0v) is 19.2. The quantitative estimate of drug-likeness (QED) is 0.379. The highest BCUT2D eigenvalue weighted by atomic mass is 79.9. The molecule has 0 spiro atoms. The molecular formula is C25H20BrN5O2. The van der Waals surface area contributed by atoms with Gasteiger partial charge in [-0.2, -0.15) is 0 Å². The molecule has 1 aliphatic rings. The number of hydrogen-bond donors (Lipinski definition) is 0. The normalized spacial score (nSPS) is 15.2. The topological polar surface area (TPSA) is 81.0 Å². The van der Waals surface area contributed by atoms with E-state index in [9.17, 15) is 9.59 Å². The highest BCUT2D eigenvalue weighted by Gasteiger charge is 2.31. The number of nitrogens with zero attached hydrogens (tertiary/aromatic N) is 5. The molecule has 0 saturated carbocycles. The molecule has 0 bridgehead atoms. The van der Waals surface area contributed by atoms with Gasteiger partial charge in [-0.15, -0.1) is 0 Å². The predicted octanol–water partition coefficient (Wildman–Crippen LogP) is 4.30. The molecule has 0 fully saturated rings. The minimum atomic E-state index is -0.139. The first-order chi connectivity index (χ1) is 16.1. The fourth-order valence-electron chi connectivity index (χ4n) is 4.16. The minimum absolute atomic E-state index is 0.0487. The molecule has 0 radical (unpaired) electrons. The molecule has 1 aliphatic heterocycles. The Kier molecular flexibility index (Phi) is 5.83. The maximum Gasteiger partial charge on any atom is 0.255 e. The number of rotatable bonds is 5. The molecule has 33 heavy (non-hydrogen) atoms. The third-order valence-corrected chi connectivity index (χ3v) is 6.27. The molecule has 4 heterocycles. The summed E-state index contributed by atoms with van der Waals surface area (Å²) >= 11 is 3.44. The lowest BCUT2D eigenvalue weighted by Crippen LogP contribution is -2.43. The molecule has 8 heteroatoms. The van der Waals surface area contributed by atoms with Crippen LogP contribution in [-0.4, -0.2) is 31.8 Å². The van der Waals surface area contributed by atoms with E-state index in [2.05, 4.69) is 25.9 Å². The average Bonchev–Trinajstić information content (AvgIpc) is 2.85. The summed E-state index contributed by atoms with van der Waals surface area (Å²) in [5.74, 6) is 0.443. The Morgan fingerprint density at radius 3 is 2.45 bits per heavy atom. The standard InChI is InChI=1S/C25H20BrN5O2/c26-20-3-1-2-19(14-20)23(32)16-31-22(18-6-11-28-12-7-18)8-13-30-24(33)15-21(29-25(30)31)17-4-9-27-10-5-17/h1-7,9-12,14-15,22H,8,13,16H2. The van der Waals surface area contributed by atoms with E-state index >= 15 is 0 Å². The van der Waals surface area contributed by atoms with Crippen molar-refractivity contribution in [2.75, 3.05) is 11.4 Å². The summed E-state index contributed by atoms with van der Waals surface area (Å²) in [5.41, 5.74) is 2.85. The van der Waals surface area contributed by atoms with E-state index in [0.717, 1.165) is 15.6 Å². The van der Waals surface area contributed by atoms with Crippen molar-refractivity contribution < 1.29 is 4.79 Å². The third-order valence-electron chi connectivity index (χ3n) is 5.77. The van der Waals surface area contributed by atoms with Gasteiger partial charge in [0.05, 0.1) is 18.3 Å². The molecule has 3 aromatic heterocycles. The summed E-state index contributed by atoms with van der Waals surface area (Å²) < 4.78 is 2.49.